The molecule has 158 valence electrons. The molecule has 29 heavy (non-hydrogen) atoms. The molecule has 0 aliphatic carbocycles. The first-order valence-corrected chi connectivity index (χ1v) is 11.5. The van der Waals surface area contributed by atoms with E-state index in [4.69, 9.17) is 10.4 Å². The number of rotatable bonds is 10. The van der Waals surface area contributed by atoms with Gasteiger partial charge in [0.1, 0.15) is 5.82 Å². The normalized spacial score (nSPS) is 18.2. The quantitative estimate of drug-likeness (QED) is 0.271. The van der Waals surface area contributed by atoms with Crippen LogP contribution in [-0.2, 0) is 12.8 Å². The van der Waals surface area contributed by atoms with Crippen LogP contribution in [0, 0.1) is 5.41 Å². The number of anilines is 1. The van der Waals surface area contributed by atoms with Crippen LogP contribution in [-0.4, -0.2) is 58.3 Å². The van der Waals surface area contributed by atoms with Crippen LogP contribution in [0.25, 0.3) is 11.0 Å². The second-order valence-electron chi connectivity index (χ2n) is 7.47. The van der Waals surface area contributed by atoms with Gasteiger partial charge in [0, 0.05) is 49.3 Å². The topological polar surface area (TPSA) is 98.3 Å². The number of aliphatic hydroxyl groups is 1. The Morgan fingerprint density at radius 3 is 3.00 bits per heavy atom. The molecule has 2 aromatic rings. The van der Waals surface area contributed by atoms with Crippen LogP contribution >= 0.6 is 11.8 Å². The smallest absolute Gasteiger partial charge is 0.111 e. The van der Waals surface area contributed by atoms with E-state index in [9.17, 15) is 5.11 Å². The number of aliphatic hydroxyl groups excluding tert-OH is 1. The van der Waals surface area contributed by atoms with E-state index in [1.165, 1.54) is 35.9 Å². The largest absolute Gasteiger partial charge is 0.393 e. The average Bonchev–Trinajstić information content (AvgIpc) is 3.10. The van der Waals surface area contributed by atoms with E-state index in [0.29, 0.717) is 12.6 Å². The molecule has 2 atom stereocenters. The Bertz CT molecular complexity index is 841. The summed E-state index contributed by atoms with van der Waals surface area (Å²) in [6, 6.07) is 4.79. The first-order chi connectivity index (χ1) is 14.2. The zero-order chi connectivity index (χ0) is 20.6. The molecule has 0 bridgehead atoms. The number of aryl methyl sites for hydroxylation is 1. The van der Waals surface area contributed by atoms with Gasteiger partial charge in [-0.1, -0.05) is 0 Å². The monoisotopic (exact) mass is 416 g/mol. The number of aromatic nitrogens is 2. The predicted molar refractivity (Wildman–Crippen MR) is 124 cm³/mol. The molecular formula is C21H32N6OS. The molecule has 1 aliphatic heterocycles. The van der Waals surface area contributed by atoms with Gasteiger partial charge in [0.15, 0.2) is 0 Å². The summed E-state index contributed by atoms with van der Waals surface area (Å²) in [5.74, 6) is 3.44. The highest BCUT2D eigenvalue weighted by Gasteiger charge is 2.23. The fourth-order valence-corrected chi connectivity index (χ4v) is 5.06. The Kier molecular flexibility index (Phi) is 7.94. The number of imidazole rings is 1. The molecule has 1 aliphatic rings. The van der Waals surface area contributed by atoms with Crippen LogP contribution in [0.15, 0.2) is 17.2 Å². The van der Waals surface area contributed by atoms with Crippen LogP contribution in [0.4, 0.5) is 5.69 Å². The van der Waals surface area contributed by atoms with E-state index in [1.54, 1.807) is 0 Å². The van der Waals surface area contributed by atoms with Crippen LogP contribution < -0.4 is 10.7 Å². The highest BCUT2D eigenvalue weighted by atomic mass is 32.2. The second kappa shape index (κ2) is 10.6. The van der Waals surface area contributed by atoms with Crippen LogP contribution in [0.1, 0.15) is 43.6 Å². The molecule has 1 aromatic heterocycles. The number of nitrogens with zero attached hydrogens (tertiary/aromatic N) is 3. The first kappa shape index (κ1) is 21.6. The molecule has 0 spiro atoms. The fourth-order valence-electron chi connectivity index (χ4n) is 3.94. The van der Waals surface area contributed by atoms with Crippen LogP contribution in [0.5, 0.6) is 0 Å². The molecule has 0 amide bonds. The Balaban J connectivity index is 2.00. The molecular weight excluding hydrogens is 384 g/mol. The lowest BCUT2D eigenvalue weighted by atomic mass is 10.0. The summed E-state index contributed by atoms with van der Waals surface area (Å²) in [5.41, 5.74) is 7.51. The highest BCUT2D eigenvalue weighted by molar-refractivity contribution is 7.99. The lowest BCUT2D eigenvalue weighted by Crippen LogP contribution is -2.20. The summed E-state index contributed by atoms with van der Waals surface area (Å²) in [6.07, 6.45) is 6.97. The number of fused-ring (bicyclic) bond motifs is 1. The van der Waals surface area contributed by atoms with E-state index in [1.807, 2.05) is 25.7 Å². The molecule has 0 saturated carbocycles. The lowest BCUT2D eigenvalue weighted by Gasteiger charge is -2.25. The maximum atomic E-state index is 9.81. The Labute approximate surface area is 176 Å². The molecule has 0 radical (unpaired) electrons. The van der Waals surface area contributed by atoms with Gasteiger partial charge in [0.2, 0.25) is 0 Å². The van der Waals surface area contributed by atoms with E-state index in [2.05, 4.69) is 32.5 Å². The van der Waals surface area contributed by atoms with E-state index in [-0.39, 0.29) is 6.10 Å². The van der Waals surface area contributed by atoms with E-state index >= 15 is 0 Å². The van der Waals surface area contributed by atoms with Gasteiger partial charge >= 0.3 is 0 Å². The fraction of sp³-hybridized carbons (Fsp3) is 0.571. The van der Waals surface area contributed by atoms with Crippen molar-refractivity contribution in [2.45, 2.75) is 51.2 Å². The molecule has 3 rings (SSSR count). The van der Waals surface area contributed by atoms with Gasteiger partial charge < -0.3 is 25.8 Å². The molecule has 2 unspecified atom stereocenters. The third kappa shape index (κ3) is 5.30. The van der Waals surface area contributed by atoms with Crippen molar-refractivity contribution in [1.29, 1.82) is 5.41 Å². The van der Waals surface area contributed by atoms with Gasteiger partial charge in [-0.3, -0.25) is 0 Å². The predicted octanol–water partition coefficient (Wildman–Crippen LogP) is 3.23. The van der Waals surface area contributed by atoms with E-state index < -0.39 is 0 Å². The summed E-state index contributed by atoms with van der Waals surface area (Å²) in [7, 11) is 1.94. The minimum Gasteiger partial charge on any atom is -0.393 e. The van der Waals surface area contributed by atoms with Crippen molar-refractivity contribution in [2.24, 2.45) is 5.10 Å². The van der Waals surface area contributed by atoms with Gasteiger partial charge in [-0.15, -0.1) is 0 Å². The molecule has 8 heteroatoms. The number of benzene rings is 1. The summed E-state index contributed by atoms with van der Waals surface area (Å²) < 4.78 is 2.44. The summed E-state index contributed by atoms with van der Waals surface area (Å²) >= 11 is 2.02. The zero-order valence-corrected chi connectivity index (χ0v) is 18.1. The Hall–Kier alpha value is -2.06. The third-order valence-corrected chi connectivity index (χ3v) is 6.52. The number of thioether (sulfide) groups is 1. The number of hydrogen-bond donors (Lipinski definition) is 4. The van der Waals surface area contributed by atoms with Crippen LogP contribution in [0.2, 0.25) is 0 Å². The highest BCUT2D eigenvalue weighted by Crippen LogP contribution is 2.34. The van der Waals surface area contributed by atoms with Crippen molar-refractivity contribution >= 4 is 40.9 Å². The standard InChI is InChI=1S/C21H32N6OS/c1-15(28)5-6-17-18(23-2)7-8-19-21(17)26-20(9-11-24-25-12-10-22)27(19)16-4-3-13-29-14-16/h7-8,10,12,15-16,22-24,28H,3-6,9,11,13-14H2,1-2H3/b22-10?,25-12-. The molecule has 7 nitrogen and oxygen atoms in total. The van der Waals surface area contributed by atoms with Gasteiger partial charge in [0.05, 0.1) is 23.4 Å². The molecule has 2 heterocycles. The maximum Gasteiger partial charge on any atom is 0.111 e. The second-order valence-corrected chi connectivity index (χ2v) is 8.62. The Morgan fingerprint density at radius 1 is 1.45 bits per heavy atom. The van der Waals surface area contributed by atoms with Crippen molar-refractivity contribution in [3.63, 3.8) is 0 Å². The van der Waals surface area contributed by atoms with Gasteiger partial charge in [-0.25, -0.2) is 4.98 Å². The average molecular weight is 417 g/mol. The minimum atomic E-state index is -0.331. The van der Waals surface area contributed by atoms with Gasteiger partial charge in [-0.2, -0.15) is 16.9 Å². The van der Waals surface area contributed by atoms with Crippen molar-refractivity contribution in [2.75, 3.05) is 30.4 Å². The van der Waals surface area contributed by atoms with Crippen molar-refractivity contribution in [3.8, 4) is 0 Å². The molecule has 1 fully saturated rings. The van der Waals surface area contributed by atoms with Gasteiger partial charge in [0.25, 0.3) is 0 Å². The lowest BCUT2D eigenvalue weighted by molar-refractivity contribution is 0.185. The molecule has 1 saturated heterocycles. The molecule has 1 aromatic carbocycles. The maximum absolute atomic E-state index is 9.81. The summed E-state index contributed by atoms with van der Waals surface area (Å²) in [6.45, 7) is 2.51. The third-order valence-electron chi connectivity index (χ3n) is 5.32. The zero-order valence-electron chi connectivity index (χ0n) is 17.3. The van der Waals surface area contributed by atoms with E-state index in [0.717, 1.165) is 48.3 Å². The van der Waals surface area contributed by atoms with Crippen LogP contribution in [0.3, 0.4) is 0 Å². The minimum absolute atomic E-state index is 0.331. The summed E-state index contributed by atoms with van der Waals surface area (Å²) in [4.78, 5) is 5.09. The number of hydrazone groups is 1. The van der Waals surface area contributed by atoms with Crippen molar-refractivity contribution in [1.82, 2.24) is 15.0 Å². The number of hydrogen-bond acceptors (Lipinski definition) is 7. The van der Waals surface area contributed by atoms with Gasteiger partial charge in [-0.05, 0) is 50.5 Å². The number of nitrogens with one attached hydrogen (secondary N) is 3. The summed E-state index contributed by atoms with van der Waals surface area (Å²) in [5, 5.41) is 24.1. The molecule has 4 N–H and O–H groups in total. The van der Waals surface area contributed by atoms with Crippen molar-refractivity contribution < 1.29 is 5.11 Å². The first-order valence-electron chi connectivity index (χ1n) is 10.4. The Morgan fingerprint density at radius 2 is 2.31 bits per heavy atom. The SMILES string of the molecule is CNc1ccc2c(nc(CCN/N=C\C=N)n2C2CCCSC2)c1CCC(C)O. The van der Waals surface area contributed by atoms with Crippen molar-refractivity contribution in [3.05, 3.63) is 23.5 Å².